The minimum atomic E-state index is -1.10. The smallest absolute Gasteiger partial charge is 0.320 e. The van der Waals surface area contributed by atoms with Gasteiger partial charge < -0.3 is 60.8 Å². The van der Waals surface area contributed by atoms with Crippen molar-refractivity contribution in [2.75, 3.05) is 13.2 Å². The molecule has 8 N–H and O–H groups in total. The van der Waals surface area contributed by atoms with E-state index in [9.17, 15) is 30.0 Å². The van der Waals surface area contributed by atoms with E-state index in [1.807, 2.05) is 50.2 Å². The van der Waals surface area contributed by atoms with Gasteiger partial charge in [-0.25, -0.2) is 0 Å². The minimum Gasteiger partial charge on any atom is -0.488 e. The number of hydrogen-bond acceptors (Lipinski definition) is 14. The number of carboxylic acids is 2. The molecule has 0 aliphatic heterocycles. The number of aromatic nitrogens is 2. The maximum Gasteiger partial charge on any atom is 0.320 e. The van der Waals surface area contributed by atoms with Crippen LogP contribution in [0.1, 0.15) is 68.5 Å². The first-order valence-corrected chi connectivity index (χ1v) is 22.9. The third-order valence-electron chi connectivity index (χ3n) is 11.4. The molecule has 6 aromatic rings. The summed E-state index contributed by atoms with van der Waals surface area (Å²) in [6.45, 7) is 4.07. The number of benzene rings is 4. The van der Waals surface area contributed by atoms with Gasteiger partial charge in [-0.05, 0) is 84.3 Å². The molecule has 0 bridgehead atoms. The van der Waals surface area contributed by atoms with Gasteiger partial charge in [0.1, 0.15) is 61.5 Å². The zero-order valence-corrected chi connectivity index (χ0v) is 40.0. The molecular formula is C52H54Cl2N6O10. The summed E-state index contributed by atoms with van der Waals surface area (Å²) in [6.07, 6.45) is 8.79. The maximum absolute atomic E-state index is 11.8. The SMILES string of the molecule is Cc1c(COc2cc(OCc3cncc(C=N)c3)c(CN[C@@H](CCO)C(=O)O)cc2Cl)cccc1-c1cccc(COc2cc(OCc3cncc(C=N)c3)c(CN[C@@H](CCO)C(=O)O)cc2Cl)c1C. The van der Waals surface area contributed by atoms with E-state index < -0.39 is 24.0 Å². The molecule has 0 radical (unpaired) electrons. The fraction of sp³-hybridized carbons (Fsp3) is 0.269. The lowest BCUT2D eigenvalue weighted by Gasteiger charge is -2.20. The first kappa shape index (κ1) is 52.5. The fourth-order valence-electron chi connectivity index (χ4n) is 7.50. The van der Waals surface area contributed by atoms with Crippen molar-refractivity contribution in [1.29, 1.82) is 10.8 Å². The number of nitrogens with zero attached hydrogens (tertiary/aromatic N) is 2. The number of halogens is 2. The normalized spacial score (nSPS) is 11.9. The van der Waals surface area contributed by atoms with E-state index in [1.54, 1.807) is 61.2 Å². The van der Waals surface area contributed by atoms with Crippen LogP contribution in [0, 0.1) is 24.7 Å². The molecule has 0 saturated carbocycles. The highest BCUT2D eigenvalue weighted by Gasteiger charge is 2.21. The number of pyridine rings is 2. The monoisotopic (exact) mass is 992 g/mol. The molecule has 0 saturated heterocycles. The zero-order chi connectivity index (χ0) is 50.2. The Bertz CT molecular complexity index is 2620. The summed E-state index contributed by atoms with van der Waals surface area (Å²) in [5, 5.41) is 59.8. The standard InChI is InChI=1S/C52H54Cl2N6O10/c1-31-37(29-69-49-17-47(67-27-35-13-33(19-55)21-57-23-35)39(15-43(49)53)25-59-45(9-11-61)51(63)64)5-3-7-41(31)42-8-4-6-38(32(42)2)30-70-50-18-48(68-28-36-14-34(20-56)22-58-24-36)40(16-44(50)54)26-60-46(10-12-62)52(65)66/h3-8,13-24,45-46,55-56,59-62H,9-12,25-30H2,1-2H3,(H,63,64)(H,65,66)/t45-,46-/m0/s1. The number of hydrogen-bond donors (Lipinski definition) is 8. The van der Waals surface area contributed by atoms with Crippen LogP contribution in [-0.2, 0) is 49.1 Å². The van der Waals surface area contributed by atoms with Crippen molar-refractivity contribution >= 4 is 47.6 Å². The van der Waals surface area contributed by atoms with Gasteiger partial charge in [-0.15, -0.1) is 0 Å². The highest BCUT2D eigenvalue weighted by atomic mass is 35.5. The third-order valence-corrected chi connectivity index (χ3v) is 12.0. The van der Waals surface area contributed by atoms with Crippen molar-refractivity contribution in [2.24, 2.45) is 0 Å². The lowest BCUT2D eigenvalue weighted by molar-refractivity contribution is -0.140. The molecule has 16 nitrogen and oxygen atoms in total. The van der Waals surface area contributed by atoms with Crippen LogP contribution in [0.5, 0.6) is 23.0 Å². The highest BCUT2D eigenvalue weighted by Crippen LogP contribution is 2.37. The van der Waals surface area contributed by atoms with Crippen molar-refractivity contribution in [3.05, 3.63) is 163 Å². The number of aliphatic hydroxyl groups excluding tert-OH is 2. The van der Waals surface area contributed by atoms with E-state index >= 15 is 0 Å². The average molecular weight is 994 g/mol. The van der Waals surface area contributed by atoms with Gasteiger partial charge in [-0.2, -0.15) is 0 Å². The van der Waals surface area contributed by atoms with Gasteiger partial charge in [0.05, 0.1) is 10.0 Å². The van der Waals surface area contributed by atoms with Crippen LogP contribution in [0.25, 0.3) is 11.1 Å². The average Bonchev–Trinajstić information content (AvgIpc) is 3.35. The van der Waals surface area contributed by atoms with Crippen LogP contribution in [0.15, 0.2) is 97.6 Å². The van der Waals surface area contributed by atoms with E-state index in [-0.39, 0.29) is 75.6 Å². The molecule has 6 rings (SSSR count). The number of ether oxygens (including phenoxy) is 4. The molecule has 0 amide bonds. The van der Waals surface area contributed by atoms with E-state index in [0.29, 0.717) is 56.4 Å². The van der Waals surface area contributed by atoms with Crippen LogP contribution < -0.4 is 29.6 Å². The second-order valence-corrected chi connectivity index (χ2v) is 17.0. The van der Waals surface area contributed by atoms with Crippen molar-refractivity contribution in [1.82, 2.24) is 20.6 Å². The molecule has 70 heavy (non-hydrogen) atoms. The molecule has 2 heterocycles. The van der Waals surface area contributed by atoms with E-state index in [0.717, 1.165) is 33.4 Å². The van der Waals surface area contributed by atoms with Crippen molar-refractivity contribution in [3.8, 4) is 34.1 Å². The summed E-state index contributed by atoms with van der Waals surface area (Å²) in [5.74, 6) is -0.734. The van der Waals surface area contributed by atoms with Gasteiger partial charge >= 0.3 is 11.9 Å². The van der Waals surface area contributed by atoms with E-state index in [2.05, 4.69) is 20.6 Å². The Morgan fingerprint density at radius 2 is 0.986 bits per heavy atom. The Morgan fingerprint density at radius 3 is 1.36 bits per heavy atom. The Balaban J connectivity index is 1.21. The molecule has 2 aromatic heterocycles. The lowest BCUT2D eigenvalue weighted by Crippen LogP contribution is -2.37. The van der Waals surface area contributed by atoms with Crippen LogP contribution in [0.4, 0.5) is 0 Å². The number of rotatable bonds is 27. The molecule has 0 spiro atoms. The van der Waals surface area contributed by atoms with Gasteiger partial charge in [0.2, 0.25) is 0 Å². The first-order valence-electron chi connectivity index (χ1n) is 22.2. The van der Waals surface area contributed by atoms with Crippen molar-refractivity contribution in [2.45, 2.75) is 78.3 Å². The number of carbonyl (C=O) groups is 2. The van der Waals surface area contributed by atoms with Gasteiger partial charge in [0.25, 0.3) is 0 Å². The fourth-order valence-corrected chi connectivity index (χ4v) is 7.98. The minimum absolute atomic E-state index is 0.00871. The number of aliphatic carboxylic acids is 2. The van der Waals surface area contributed by atoms with Gasteiger partial charge in [0.15, 0.2) is 0 Å². The summed E-state index contributed by atoms with van der Waals surface area (Å²) in [7, 11) is 0. The molecule has 0 aliphatic carbocycles. The Hall–Kier alpha value is -6.92. The summed E-state index contributed by atoms with van der Waals surface area (Å²) in [6, 6.07) is 20.1. The molecule has 0 unspecified atom stereocenters. The number of nitrogens with one attached hydrogen (secondary N) is 4. The van der Waals surface area contributed by atoms with Gasteiger partial charge in [-0.3, -0.25) is 19.6 Å². The third kappa shape index (κ3) is 14.1. The Labute approximate surface area is 415 Å². The van der Waals surface area contributed by atoms with Crippen LogP contribution in [0.2, 0.25) is 10.0 Å². The quantitative estimate of drug-likeness (QED) is 0.0227. The van der Waals surface area contributed by atoms with Gasteiger partial charge in [-0.1, -0.05) is 59.6 Å². The Kier molecular flexibility index (Phi) is 19.2. The molecule has 2 atom stereocenters. The Morgan fingerprint density at radius 1 is 0.586 bits per heavy atom. The summed E-state index contributed by atoms with van der Waals surface area (Å²) in [5.41, 5.74) is 9.46. The topological polar surface area (TPSA) is 250 Å². The highest BCUT2D eigenvalue weighted by molar-refractivity contribution is 6.32. The molecule has 18 heteroatoms. The molecule has 4 aromatic carbocycles. The molecule has 366 valence electrons. The molecule has 0 fully saturated rings. The molecule has 0 aliphatic rings. The zero-order valence-electron chi connectivity index (χ0n) is 38.5. The van der Waals surface area contributed by atoms with E-state index in [4.69, 9.17) is 53.0 Å². The van der Waals surface area contributed by atoms with Crippen molar-refractivity contribution < 1.29 is 49.0 Å². The van der Waals surface area contributed by atoms with E-state index in [1.165, 1.54) is 12.4 Å². The van der Waals surface area contributed by atoms with Crippen LogP contribution >= 0.6 is 23.2 Å². The largest absolute Gasteiger partial charge is 0.488 e. The van der Waals surface area contributed by atoms with Gasteiger partial charge in [0, 0.05) is 109 Å². The second-order valence-electron chi connectivity index (χ2n) is 16.2. The summed E-state index contributed by atoms with van der Waals surface area (Å²) >= 11 is 13.6. The van der Waals surface area contributed by atoms with Crippen LogP contribution in [0.3, 0.4) is 0 Å². The number of aliphatic hydroxyl groups is 2. The summed E-state index contributed by atoms with van der Waals surface area (Å²) < 4.78 is 25.2. The van der Waals surface area contributed by atoms with Crippen LogP contribution in [-0.4, -0.2) is 80.1 Å². The first-order chi connectivity index (χ1) is 33.8. The predicted octanol–water partition coefficient (Wildman–Crippen LogP) is 8.23. The second kappa shape index (κ2) is 25.6. The molecular weight excluding hydrogens is 940 g/mol. The predicted molar refractivity (Wildman–Crippen MR) is 266 cm³/mol. The number of carboxylic acid groups (broad SMARTS) is 2. The maximum atomic E-state index is 11.8. The summed E-state index contributed by atoms with van der Waals surface area (Å²) in [4.78, 5) is 32.0. The van der Waals surface area contributed by atoms with Crippen molar-refractivity contribution in [3.63, 3.8) is 0 Å². The lowest BCUT2D eigenvalue weighted by atomic mass is 9.92.